The first kappa shape index (κ1) is 22.4. The number of carbonyl (C=O) groups is 2. The number of benzene rings is 2. The van der Waals surface area contributed by atoms with Crippen LogP contribution in [-0.2, 0) is 0 Å². The van der Waals surface area contributed by atoms with Gasteiger partial charge in [0, 0.05) is 18.0 Å². The number of methoxy groups -OCH3 is 1. The molecule has 6 N–H and O–H groups in total. The van der Waals surface area contributed by atoms with Crippen molar-refractivity contribution in [3.05, 3.63) is 64.3 Å². The number of rotatable bonds is 6. The van der Waals surface area contributed by atoms with E-state index in [0.29, 0.717) is 10.6 Å². The second-order valence-electron chi connectivity index (χ2n) is 6.37. The molecular formula is C21H17ClN4O6. The number of carbonyl (C=O) groups excluding carboxylic acids is 2. The molecule has 3 rings (SSSR count). The maximum absolute atomic E-state index is 12.9. The Morgan fingerprint density at radius 3 is 2.25 bits per heavy atom. The molecule has 32 heavy (non-hydrogen) atoms. The maximum atomic E-state index is 12.9. The summed E-state index contributed by atoms with van der Waals surface area (Å²) in [4.78, 5) is 29.5. The zero-order valence-corrected chi connectivity index (χ0v) is 17.3. The molecule has 0 atom stereocenters. The Balaban J connectivity index is 2.05. The van der Waals surface area contributed by atoms with Crippen LogP contribution in [0.15, 0.2) is 42.6 Å². The third-order valence-corrected chi connectivity index (χ3v) is 4.58. The van der Waals surface area contributed by atoms with Crippen LogP contribution in [0.2, 0.25) is 5.02 Å². The van der Waals surface area contributed by atoms with Crippen molar-refractivity contribution in [2.45, 2.75) is 0 Å². The molecule has 0 radical (unpaired) electrons. The molecule has 0 aliphatic heterocycles. The number of halogens is 1. The number of phenolic OH excluding ortho intramolecular Hbond substituents is 3. The number of pyridine rings is 1. The molecule has 0 fully saturated rings. The number of amides is 2. The minimum absolute atomic E-state index is 0.0739. The number of hydrogen-bond acceptors (Lipinski definition) is 8. The predicted octanol–water partition coefficient (Wildman–Crippen LogP) is 3.36. The molecule has 1 heterocycles. The van der Waals surface area contributed by atoms with Crippen LogP contribution >= 0.6 is 11.6 Å². The van der Waals surface area contributed by atoms with E-state index in [0.717, 1.165) is 13.3 Å². The van der Waals surface area contributed by atoms with Crippen molar-refractivity contribution in [1.29, 1.82) is 5.41 Å². The fourth-order valence-corrected chi connectivity index (χ4v) is 2.88. The molecule has 3 aromatic rings. The van der Waals surface area contributed by atoms with E-state index in [1.807, 2.05) is 0 Å². The number of ether oxygens (including phenoxy) is 1. The van der Waals surface area contributed by atoms with E-state index < -0.39 is 46.1 Å². The van der Waals surface area contributed by atoms with Gasteiger partial charge in [0.25, 0.3) is 11.8 Å². The fourth-order valence-electron chi connectivity index (χ4n) is 2.77. The molecule has 0 unspecified atom stereocenters. The van der Waals surface area contributed by atoms with Crippen LogP contribution in [-0.4, -0.2) is 45.4 Å². The molecule has 0 saturated carbocycles. The van der Waals surface area contributed by atoms with Crippen LogP contribution in [0.3, 0.4) is 0 Å². The predicted molar refractivity (Wildman–Crippen MR) is 117 cm³/mol. The molecule has 164 valence electrons. The average molecular weight is 457 g/mol. The van der Waals surface area contributed by atoms with Crippen molar-refractivity contribution in [3.8, 4) is 23.0 Å². The summed E-state index contributed by atoms with van der Waals surface area (Å²) in [6.07, 6.45) is 2.38. The van der Waals surface area contributed by atoms with Gasteiger partial charge < -0.3 is 36.1 Å². The van der Waals surface area contributed by atoms with Gasteiger partial charge in [-0.1, -0.05) is 23.7 Å². The van der Waals surface area contributed by atoms with Gasteiger partial charge in [-0.05, 0) is 29.8 Å². The third-order valence-electron chi connectivity index (χ3n) is 4.36. The van der Waals surface area contributed by atoms with E-state index in [1.54, 1.807) is 0 Å². The largest absolute Gasteiger partial charge is 0.504 e. The first-order chi connectivity index (χ1) is 15.3. The smallest absolute Gasteiger partial charge is 0.263 e. The minimum Gasteiger partial charge on any atom is -0.504 e. The van der Waals surface area contributed by atoms with Crippen LogP contribution in [0.25, 0.3) is 0 Å². The third kappa shape index (κ3) is 4.40. The summed E-state index contributed by atoms with van der Waals surface area (Å²) in [6, 6.07) is 8.76. The lowest BCUT2D eigenvalue weighted by Gasteiger charge is -2.18. The molecule has 2 amide bonds. The van der Waals surface area contributed by atoms with Gasteiger partial charge in [-0.2, -0.15) is 0 Å². The van der Waals surface area contributed by atoms with E-state index in [4.69, 9.17) is 21.7 Å². The van der Waals surface area contributed by atoms with Crippen molar-refractivity contribution >= 4 is 41.1 Å². The van der Waals surface area contributed by atoms with E-state index in [9.17, 15) is 24.9 Å². The van der Waals surface area contributed by atoms with Crippen LogP contribution in [0.1, 0.15) is 26.3 Å². The number of aromatic hydroxyl groups is 3. The van der Waals surface area contributed by atoms with Gasteiger partial charge in [-0.15, -0.1) is 0 Å². The zero-order valence-electron chi connectivity index (χ0n) is 16.5. The summed E-state index contributed by atoms with van der Waals surface area (Å²) in [5, 5.41) is 43.4. The molecule has 2 aromatic carbocycles. The van der Waals surface area contributed by atoms with Gasteiger partial charge in [0.15, 0.2) is 11.5 Å². The van der Waals surface area contributed by atoms with Crippen LogP contribution in [0.5, 0.6) is 23.0 Å². The molecule has 10 nitrogen and oxygen atoms in total. The normalized spacial score (nSPS) is 10.3. The number of aromatic nitrogens is 1. The molecule has 0 spiro atoms. The summed E-state index contributed by atoms with van der Waals surface area (Å²) < 4.78 is 4.88. The Kier molecular flexibility index (Phi) is 6.45. The standard InChI is InChI=1S/C21H17ClN4O6/c1-32-19-16(27)14(21(31)25-13-7-6-12(22)9-24-13)15(17(28)18(19)29)26-20(30)11-4-2-10(8-23)3-5-11/h2-9,23,27-29H,1H3,(H,26,30)(H,24,25,31). The summed E-state index contributed by atoms with van der Waals surface area (Å²) in [5.41, 5.74) is -0.429. The van der Waals surface area contributed by atoms with Gasteiger partial charge in [-0.25, -0.2) is 4.98 Å². The maximum Gasteiger partial charge on any atom is 0.263 e. The first-order valence-electron chi connectivity index (χ1n) is 8.96. The molecule has 11 heteroatoms. The Labute approximate surface area is 186 Å². The Morgan fingerprint density at radius 2 is 1.69 bits per heavy atom. The quantitative estimate of drug-likeness (QED) is 0.188. The van der Waals surface area contributed by atoms with Crippen LogP contribution in [0.4, 0.5) is 11.5 Å². The van der Waals surface area contributed by atoms with Crippen molar-refractivity contribution in [3.63, 3.8) is 0 Å². The number of hydrogen-bond donors (Lipinski definition) is 6. The summed E-state index contributed by atoms with van der Waals surface area (Å²) in [5.74, 6) is -4.78. The van der Waals surface area contributed by atoms with E-state index in [2.05, 4.69) is 15.6 Å². The van der Waals surface area contributed by atoms with Crippen molar-refractivity contribution in [1.82, 2.24) is 4.98 Å². The van der Waals surface area contributed by atoms with E-state index >= 15 is 0 Å². The summed E-state index contributed by atoms with van der Waals surface area (Å²) in [7, 11) is 1.11. The first-order valence-corrected chi connectivity index (χ1v) is 9.34. The van der Waals surface area contributed by atoms with E-state index in [1.165, 1.54) is 42.6 Å². The van der Waals surface area contributed by atoms with Gasteiger partial charge >= 0.3 is 0 Å². The van der Waals surface area contributed by atoms with Crippen molar-refractivity contribution in [2.75, 3.05) is 17.7 Å². The average Bonchev–Trinajstić information content (AvgIpc) is 2.79. The highest BCUT2D eigenvalue weighted by Crippen LogP contribution is 2.50. The Morgan fingerprint density at radius 1 is 1.00 bits per heavy atom. The molecular weight excluding hydrogens is 440 g/mol. The molecule has 0 aliphatic carbocycles. The topological polar surface area (TPSA) is 165 Å². The lowest BCUT2D eigenvalue weighted by atomic mass is 10.1. The lowest BCUT2D eigenvalue weighted by Crippen LogP contribution is -2.19. The van der Waals surface area contributed by atoms with Gasteiger partial charge in [0.2, 0.25) is 11.5 Å². The second kappa shape index (κ2) is 9.23. The summed E-state index contributed by atoms with van der Waals surface area (Å²) in [6.45, 7) is 0. The highest BCUT2D eigenvalue weighted by atomic mass is 35.5. The number of nitrogens with zero attached hydrogens (tertiary/aromatic N) is 1. The lowest BCUT2D eigenvalue weighted by molar-refractivity contribution is 0.102. The van der Waals surface area contributed by atoms with Gasteiger partial charge in [0.1, 0.15) is 17.1 Å². The molecule has 0 saturated heterocycles. The number of phenols is 3. The Bertz CT molecular complexity index is 1200. The monoisotopic (exact) mass is 456 g/mol. The molecule has 0 bridgehead atoms. The number of anilines is 2. The highest BCUT2D eigenvalue weighted by Gasteiger charge is 2.30. The number of nitrogens with one attached hydrogen (secondary N) is 3. The van der Waals surface area contributed by atoms with Crippen LogP contribution < -0.4 is 15.4 Å². The van der Waals surface area contributed by atoms with Crippen molar-refractivity contribution in [2.24, 2.45) is 0 Å². The molecule has 0 aliphatic rings. The van der Waals surface area contributed by atoms with Gasteiger partial charge in [-0.3, -0.25) is 9.59 Å². The SMILES string of the molecule is COc1c(O)c(O)c(NC(=O)c2ccc(C=N)cc2)c(C(=O)Nc2ccc(Cl)cn2)c1O. The fraction of sp³-hybridized carbons (Fsp3) is 0.0476. The zero-order chi connectivity index (χ0) is 23.4. The second-order valence-corrected chi connectivity index (χ2v) is 6.80. The van der Waals surface area contributed by atoms with Crippen LogP contribution in [0, 0.1) is 5.41 Å². The van der Waals surface area contributed by atoms with Gasteiger partial charge in [0.05, 0.1) is 12.1 Å². The molecule has 1 aromatic heterocycles. The summed E-state index contributed by atoms with van der Waals surface area (Å²) >= 11 is 5.78. The highest BCUT2D eigenvalue weighted by molar-refractivity contribution is 6.30. The minimum atomic E-state index is -0.958. The van der Waals surface area contributed by atoms with E-state index in [-0.39, 0.29) is 11.4 Å². The van der Waals surface area contributed by atoms with Crippen molar-refractivity contribution < 1.29 is 29.6 Å². The Hall–Kier alpha value is -4.31.